The minimum absolute atomic E-state index is 0.846. The average Bonchev–Trinajstić information content (AvgIpc) is 3.88. The summed E-state index contributed by atoms with van der Waals surface area (Å²) in [4.78, 5) is 5.21. The highest BCUT2D eigenvalue weighted by molar-refractivity contribution is 6.22. The van der Waals surface area contributed by atoms with Crippen molar-refractivity contribution in [1.82, 2.24) is 14.1 Å². The van der Waals surface area contributed by atoms with Crippen molar-refractivity contribution >= 4 is 65.6 Å². The average molecular weight is 652 g/mol. The van der Waals surface area contributed by atoms with Gasteiger partial charge in [-0.25, -0.2) is 4.98 Å². The summed E-state index contributed by atoms with van der Waals surface area (Å²) in [5.74, 6) is 0.892. The molecule has 4 heteroatoms. The van der Waals surface area contributed by atoms with Crippen molar-refractivity contribution in [2.24, 2.45) is 0 Å². The van der Waals surface area contributed by atoms with Gasteiger partial charge in [-0.05, 0) is 94.7 Å². The van der Waals surface area contributed by atoms with Crippen molar-refractivity contribution in [2.75, 3.05) is 0 Å². The Morgan fingerprint density at radius 2 is 1.10 bits per heavy atom. The maximum atomic E-state index is 6.51. The van der Waals surface area contributed by atoms with Gasteiger partial charge in [0.15, 0.2) is 0 Å². The van der Waals surface area contributed by atoms with Gasteiger partial charge in [0.25, 0.3) is 0 Å². The summed E-state index contributed by atoms with van der Waals surface area (Å²) < 4.78 is 11.2. The van der Waals surface area contributed by atoms with Crippen LogP contribution in [-0.2, 0) is 0 Å². The molecule has 11 aromatic rings. The molecule has 4 nitrogen and oxygen atoms in total. The number of hydrogen-bond donors (Lipinski definition) is 0. The van der Waals surface area contributed by atoms with E-state index in [-0.39, 0.29) is 0 Å². The summed E-state index contributed by atoms with van der Waals surface area (Å²) in [5, 5.41) is 7.14. The van der Waals surface area contributed by atoms with Crippen molar-refractivity contribution in [3.05, 3.63) is 176 Å². The van der Waals surface area contributed by atoms with E-state index in [1.54, 1.807) is 0 Å². The first-order chi connectivity index (χ1) is 25.3. The Morgan fingerprint density at radius 1 is 0.412 bits per heavy atom. The van der Waals surface area contributed by atoms with Gasteiger partial charge in [-0.3, -0.25) is 4.57 Å². The third-order valence-electron chi connectivity index (χ3n) is 10.3. The van der Waals surface area contributed by atoms with Crippen LogP contribution in [-0.4, -0.2) is 14.1 Å². The number of hydrogen-bond acceptors (Lipinski definition) is 2. The maximum Gasteiger partial charge on any atom is 0.146 e. The van der Waals surface area contributed by atoms with Crippen LogP contribution < -0.4 is 0 Å². The van der Waals surface area contributed by atoms with E-state index in [9.17, 15) is 0 Å². The maximum absolute atomic E-state index is 6.51. The third-order valence-corrected chi connectivity index (χ3v) is 10.3. The first-order valence-electron chi connectivity index (χ1n) is 17.3. The second-order valence-electron chi connectivity index (χ2n) is 13.2. The zero-order valence-electron chi connectivity index (χ0n) is 27.5. The molecule has 3 aromatic heterocycles. The number of para-hydroxylation sites is 4. The highest BCUT2D eigenvalue weighted by Crippen LogP contribution is 2.42. The van der Waals surface area contributed by atoms with Crippen LogP contribution in [0.25, 0.3) is 99.4 Å². The third kappa shape index (κ3) is 4.17. The lowest BCUT2D eigenvalue weighted by atomic mass is 9.98. The molecule has 8 aromatic carbocycles. The van der Waals surface area contributed by atoms with Gasteiger partial charge in [-0.15, -0.1) is 0 Å². The van der Waals surface area contributed by atoms with E-state index in [2.05, 4.69) is 173 Å². The molecule has 0 saturated carbocycles. The fraction of sp³-hybridized carbons (Fsp3) is 0. The minimum Gasteiger partial charge on any atom is -0.456 e. The van der Waals surface area contributed by atoms with Crippen molar-refractivity contribution in [3.8, 4) is 33.9 Å². The molecule has 0 aliphatic rings. The predicted molar refractivity (Wildman–Crippen MR) is 211 cm³/mol. The molecule has 0 N–H and O–H groups in total. The van der Waals surface area contributed by atoms with Gasteiger partial charge in [0.2, 0.25) is 0 Å². The van der Waals surface area contributed by atoms with E-state index in [1.165, 1.54) is 32.6 Å². The van der Waals surface area contributed by atoms with Gasteiger partial charge in [-0.2, -0.15) is 0 Å². The normalized spacial score (nSPS) is 11.9. The minimum atomic E-state index is 0.846. The van der Waals surface area contributed by atoms with Crippen LogP contribution in [0.5, 0.6) is 0 Å². The monoisotopic (exact) mass is 651 g/mol. The zero-order chi connectivity index (χ0) is 33.5. The highest BCUT2D eigenvalue weighted by Gasteiger charge is 2.21. The summed E-state index contributed by atoms with van der Waals surface area (Å²) in [5.41, 5.74) is 11.7. The molecular formula is C47H29N3O. The van der Waals surface area contributed by atoms with E-state index in [0.717, 1.165) is 66.9 Å². The molecule has 0 amide bonds. The summed E-state index contributed by atoms with van der Waals surface area (Å²) in [6.07, 6.45) is 0. The molecule has 0 aliphatic heterocycles. The van der Waals surface area contributed by atoms with Gasteiger partial charge in [-0.1, -0.05) is 103 Å². The lowest BCUT2D eigenvalue weighted by Gasteiger charge is -2.10. The molecule has 0 saturated heterocycles. The van der Waals surface area contributed by atoms with Gasteiger partial charge in [0, 0.05) is 38.5 Å². The van der Waals surface area contributed by atoms with Gasteiger partial charge in [0.05, 0.1) is 22.1 Å². The molecule has 0 unspecified atom stereocenters. The number of benzene rings is 8. The molecule has 51 heavy (non-hydrogen) atoms. The fourth-order valence-electron chi connectivity index (χ4n) is 8.06. The molecule has 0 spiro atoms. The largest absolute Gasteiger partial charge is 0.456 e. The zero-order valence-corrected chi connectivity index (χ0v) is 27.5. The molecule has 238 valence electrons. The molecule has 3 heterocycles. The SMILES string of the molecule is c1ccc(-n2c(-c3cccc4oc5ccc(-c6ccc7c(c6)c6c8ccccc8ccc6n7-c6ccccc6)cc5c34)nc3ccccc32)cc1. The number of rotatable bonds is 4. The number of furan rings is 1. The van der Waals surface area contributed by atoms with E-state index < -0.39 is 0 Å². The van der Waals surface area contributed by atoms with Crippen LogP contribution in [0.4, 0.5) is 0 Å². The van der Waals surface area contributed by atoms with Crippen LogP contribution in [0.15, 0.2) is 180 Å². The second-order valence-corrected chi connectivity index (χ2v) is 13.2. The topological polar surface area (TPSA) is 35.9 Å². The summed E-state index contributed by atoms with van der Waals surface area (Å²) in [6.45, 7) is 0. The standard InChI is InChI=1S/C47H29N3O/c1-3-13-33(14-4-1)49-40-25-23-31(28-37(40)45-35-17-8-7-12-30(35)22-26-42(45)49)32-24-27-43-38(29-32)46-36(18-11-21-44(46)51-43)47-48-39-19-9-10-20-41(39)50(47)34-15-5-2-6-16-34/h1-29H. The Morgan fingerprint density at radius 3 is 1.94 bits per heavy atom. The Bertz CT molecular complexity index is 3130. The van der Waals surface area contributed by atoms with Crippen LogP contribution in [0.3, 0.4) is 0 Å². The summed E-state index contributed by atoms with van der Waals surface area (Å²) in [6, 6.07) is 62.4. The van der Waals surface area contributed by atoms with Crippen LogP contribution >= 0.6 is 0 Å². The van der Waals surface area contributed by atoms with E-state index in [4.69, 9.17) is 9.40 Å². The van der Waals surface area contributed by atoms with E-state index in [0.29, 0.717) is 0 Å². The molecule has 0 bridgehead atoms. The Labute approximate surface area is 293 Å². The Balaban J connectivity index is 1.16. The number of nitrogens with zero attached hydrogens (tertiary/aromatic N) is 3. The van der Waals surface area contributed by atoms with Crippen molar-refractivity contribution < 1.29 is 4.42 Å². The summed E-state index contributed by atoms with van der Waals surface area (Å²) >= 11 is 0. The lowest BCUT2D eigenvalue weighted by molar-refractivity contribution is 0.669. The first-order valence-corrected chi connectivity index (χ1v) is 17.3. The Kier molecular flexibility index (Phi) is 5.92. The van der Waals surface area contributed by atoms with Crippen molar-refractivity contribution in [3.63, 3.8) is 0 Å². The number of aromatic nitrogens is 3. The van der Waals surface area contributed by atoms with Crippen LogP contribution in [0, 0.1) is 0 Å². The fourth-order valence-corrected chi connectivity index (χ4v) is 8.06. The van der Waals surface area contributed by atoms with Crippen molar-refractivity contribution in [2.45, 2.75) is 0 Å². The molecule has 0 fully saturated rings. The summed E-state index contributed by atoms with van der Waals surface area (Å²) in [7, 11) is 0. The predicted octanol–water partition coefficient (Wildman–Crippen LogP) is 12.5. The van der Waals surface area contributed by atoms with Gasteiger partial charge < -0.3 is 8.98 Å². The number of imidazole rings is 1. The van der Waals surface area contributed by atoms with E-state index in [1.807, 2.05) is 12.1 Å². The molecule has 11 rings (SSSR count). The lowest BCUT2D eigenvalue weighted by Crippen LogP contribution is -1.97. The van der Waals surface area contributed by atoms with Crippen LogP contribution in [0.2, 0.25) is 0 Å². The number of fused-ring (bicyclic) bond motifs is 9. The van der Waals surface area contributed by atoms with Gasteiger partial charge in [0.1, 0.15) is 17.0 Å². The molecular weight excluding hydrogens is 623 g/mol. The Hall–Kier alpha value is -6.91. The second kappa shape index (κ2) is 10.8. The molecule has 0 atom stereocenters. The molecule has 0 aliphatic carbocycles. The van der Waals surface area contributed by atoms with Gasteiger partial charge >= 0.3 is 0 Å². The smallest absolute Gasteiger partial charge is 0.146 e. The van der Waals surface area contributed by atoms with Crippen LogP contribution in [0.1, 0.15) is 0 Å². The highest BCUT2D eigenvalue weighted by atomic mass is 16.3. The quantitative estimate of drug-likeness (QED) is 0.190. The molecule has 0 radical (unpaired) electrons. The van der Waals surface area contributed by atoms with E-state index >= 15 is 0 Å². The van der Waals surface area contributed by atoms with Crippen molar-refractivity contribution in [1.29, 1.82) is 0 Å². The first kappa shape index (κ1) is 28.0.